The molecule has 2 aliphatic heterocycles. The van der Waals surface area contributed by atoms with E-state index in [9.17, 15) is 32.3 Å². The summed E-state index contributed by atoms with van der Waals surface area (Å²) in [5, 5.41) is 10.6. The first-order valence-electron chi connectivity index (χ1n) is 13.2. The Hall–Kier alpha value is -3.71. The fourth-order valence-corrected chi connectivity index (χ4v) is 7.39. The number of halogens is 1. The molecule has 216 valence electrons. The molecule has 13 heteroatoms. The molecule has 5 rings (SSSR count). The Morgan fingerprint density at radius 3 is 2.66 bits per heavy atom. The van der Waals surface area contributed by atoms with Gasteiger partial charge in [-0.25, -0.2) is 12.8 Å². The van der Waals surface area contributed by atoms with Crippen molar-refractivity contribution in [3.05, 3.63) is 81.8 Å². The number of thioether (sulfide) groups is 1. The average Bonchev–Trinajstić information content (AvgIpc) is 3.44. The van der Waals surface area contributed by atoms with E-state index in [0.717, 1.165) is 17.3 Å². The molecule has 10 nitrogen and oxygen atoms in total. The van der Waals surface area contributed by atoms with Crippen LogP contribution in [-0.2, 0) is 21.2 Å². The van der Waals surface area contributed by atoms with Crippen LogP contribution in [0.25, 0.3) is 0 Å². The summed E-state index contributed by atoms with van der Waals surface area (Å²) >= 11 is 1.08. The fraction of sp³-hybridized carbons (Fsp3) is 0.357. The fourth-order valence-electron chi connectivity index (χ4n) is 5.22. The minimum atomic E-state index is -3.67. The number of aryl methyl sites for hydroxylation is 1. The zero-order chi connectivity index (χ0) is 29.3. The summed E-state index contributed by atoms with van der Waals surface area (Å²) in [6.45, 7) is 2.36. The van der Waals surface area contributed by atoms with Gasteiger partial charge in [-0.2, -0.15) is 4.98 Å². The van der Waals surface area contributed by atoms with E-state index in [1.54, 1.807) is 48.2 Å². The monoisotopic (exact) mass is 600 g/mol. The summed E-state index contributed by atoms with van der Waals surface area (Å²) in [4.78, 5) is 46.7. The number of hydrogen-bond donors (Lipinski definition) is 1. The first kappa shape index (κ1) is 28.8. The highest BCUT2D eigenvalue weighted by Crippen LogP contribution is 2.34. The van der Waals surface area contributed by atoms with Crippen molar-refractivity contribution in [1.82, 2.24) is 19.4 Å². The molecule has 1 unspecified atom stereocenters. The van der Waals surface area contributed by atoms with E-state index >= 15 is 0 Å². The van der Waals surface area contributed by atoms with Gasteiger partial charge in [0.05, 0.1) is 22.4 Å². The molecule has 0 spiro atoms. The van der Waals surface area contributed by atoms with Crippen LogP contribution < -0.4 is 5.56 Å². The molecule has 2 amide bonds. The maximum atomic E-state index is 14.0. The number of amides is 2. The third-order valence-corrected chi connectivity index (χ3v) is 10.0. The maximum Gasteiger partial charge on any atom is 0.315 e. The van der Waals surface area contributed by atoms with E-state index < -0.39 is 38.9 Å². The summed E-state index contributed by atoms with van der Waals surface area (Å²) in [6, 6.07) is 12.1. The van der Waals surface area contributed by atoms with Gasteiger partial charge in [0.2, 0.25) is 11.7 Å². The highest BCUT2D eigenvalue weighted by Gasteiger charge is 2.38. The van der Waals surface area contributed by atoms with Gasteiger partial charge in [-0.3, -0.25) is 14.4 Å². The van der Waals surface area contributed by atoms with Gasteiger partial charge in [-0.15, -0.1) is 11.8 Å². The number of fused-ring (bicyclic) bond motifs is 1. The van der Waals surface area contributed by atoms with Crippen molar-refractivity contribution in [1.29, 1.82) is 0 Å². The molecule has 0 aliphatic carbocycles. The molecule has 0 saturated carbocycles. The van der Waals surface area contributed by atoms with Crippen molar-refractivity contribution < 1.29 is 27.5 Å². The highest BCUT2D eigenvalue weighted by atomic mass is 32.2. The number of likely N-dealkylation sites (tertiary alicyclic amines) is 1. The Morgan fingerprint density at radius 2 is 1.90 bits per heavy atom. The molecule has 2 aliphatic rings. The summed E-state index contributed by atoms with van der Waals surface area (Å²) in [6.07, 6.45) is 1.14. The summed E-state index contributed by atoms with van der Waals surface area (Å²) in [7, 11) is -3.67. The van der Waals surface area contributed by atoms with Crippen molar-refractivity contribution in [3.8, 4) is 5.75 Å². The van der Waals surface area contributed by atoms with Crippen molar-refractivity contribution in [3.63, 3.8) is 0 Å². The van der Waals surface area contributed by atoms with E-state index in [1.165, 1.54) is 21.6 Å². The number of carbonyl (C=O) groups is 2. The van der Waals surface area contributed by atoms with Crippen LogP contribution in [0.4, 0.5) is 4.39 Å². The zero-order valence-corrected chi connectivity index (χ0v) is 24.0. The number of hydrogen-bond acceptors (Lipinski definition) is 8. The van der Waals surface area contributed by atoms with Gasteiger partial charge in [0.15, 0.2) is 15.5 Å². The molecule has 3 heterocycles. The van der Waals surface area contributed by atoms with Crippen LogP contribution >= 0.6 is 11.8 Å². The number of benzene rings is 2. The molecular formula is C28H29FN4O6S2. The van der Waals surface area contributed by atoms with Gasteiger partial charge in [0, 0.05) is 31.1 Å². The molecular weight excluding hydrogens is 571 g/mol. The van der Waals surface area contributed by atoms with Crippen LogP contribution in [0.2, 0.25) is 0 Å². The first-order chi connectivity index (χ1) is 19.6. The van der Waals surface area contributed by atoms with Gasteiger partial charge in [0.25, 0.3) is 5.91 Å². The molecule has 1 N–H and O–H groups in total. The Kier molecular flexibility index (Phi) is 8.18. The highest BCUT2D eigenvalue weighted by molar-refractivity contribution is 8.00. The van der Waals surface area contributed by atoms with Crippen LogP contribution in [0.15, 0.2) is 63.1 Å². The third-order valence-electron chi connectivity index (χ3n) is 7.31. The van der Waals surface area contributed by atoms with Crippen LogP contribution in [0.3, 0.4) is 0 Å². The third kappa shape index (κ3) is 5.87. The minimum Gasteiger partial charge on any atom is -0.501 e. The van der Waals surface area contributed by atoms with Gasteiger partial charge in [0.1, 0.15) is 11.6 Å². The second-order valence-electron chi connectivity index (χ2n) is 10.0. The number of rotatable bonds is 8. The molecule has 0 bridgehead atoms. The quantitative estimate of drug-likeness (QED) is 0.391. The Balaban J connectivity index is 1.36. The van der Waals surface area contributed by atoms with Gasteiger partial charge in [-0.1, -0.05) is 24.3 Å². The standard InChI is InChI=1S/C28H29FN4O6S2/c1-18-6-4-7-19(16-18)41(38,39)15-14-31-12-13-33-24(28(31)37)25(35)27(36)30-26(33)21-9-5-11-32(21)23(34)17-40-22-10-3-2-8-20(22)29/h2-4,6-8,10,16,21,35H,5,9,11-15,17H2,1H3. The van der Waals surface area contributed by atoms with Crippen molar-refractivity contribution in [2.24, 2.45) is 0 Å². The Morgan fingerprint density at radius 1 is 1.12 bits per heavy atom. The second-order valence-corrected chi connectivity index (χ2v) is 13.1. The van der Waals surface area contributed by atoms with Crippen LogP contribution in [0.5, 0.6) is 5.75 Å². The molecule has 0 radical (unpaired) electrons. The zero-order valence-electron chi connectivity index (χ0n) is 22.3. The van der Waals surface area contributed by atoms with Crippen LogP contribution in [0, 0.1) is 12.7 Å². The van der Waals surface area contributed by atoms with E-state index in [-0.39, 0.29) is 53.5 Å². The van der Waals surface area contributed by atoms with Crippen molar-refractivity contribution in [2.45, 2.75) is 42.1 Å². The molecule has 1 aromatic heterocycles. The largest absolute Gasteiger partial charge is 0.501 e. The van der Waals surface area contributed by atoms with E-state index in [4.69, 9.17) is 0 Å². The lowest BCUT2D eigenvalue weighted by atomic mass is 10.1. The van der Waals surface area contributed by atoms with Gasteiger partial charge >= 0.3 is 5.56 Å². The van der Waals surface area contributed by atoms with Crippen molar-refractivity contribution in [2.75, 3.05) is 31.1 Å². The average molecular weight is 601 g/mol. The molecule has 2 aromatic carbocycles. The Labute approximate surface area is 240 Å². The summed E-state index contributed by atoms with van der Waals surface area (Å²) < 4.78 is 41.3. The number of carbonyl (C=O) groups excluding carboxylic acids is 2. The van der Waals surface area contributed by atoms with E-state index in [1.807, 2.05) is 0 Å². The minimum absolute atomic E-state index is 0.0191. The Bertz CT molecular complexity index is 1680. The number of aromatic hydroxyl groups is 1. The first-order valence-corrected chi connectivity index (χ1v) is 15.8. The lowest BCUT2D eigenvalue weighted by Gasteiger charge is -2.33. The normalized spacial score (nSPS) is 17.1. The predicted molar refractivity (Wildman–Crippen MR) is 150 cm³/mol. The number of nitrogens with zero attached hydrogens (tertiary/aromatic N) is 4. The van der Waals surface area contributed by atoms with Crippen LogP contribution in [-0.4, -0.2) is 75.8 Å². The smallest absolute Gasteiger partial charge is 0.315 e. The summed E-state index contributed by atoms with van der Waals surface area (Å²) in [5.74, 6) is -2.31. The van der Waals surface area contributed by atoms with Crippen molar-refractivity contribution >= 4 is 33.4 Å². The number of sulfone groups is 1. The van der Waals surface area contributed by atoms with Crippen LogP contribution in [0.1, 0.15) is 40.8 Å². The lowest BCUT2D eigenvalue weighted by Crippen LogP contribution is -2.46. The van der Waals surface area contributed by atoms with E-state index in [0.29, 0.717) is 24.3 Å². The SMILES string of the molecule is Cc1cccc(S(=O)(=O)CCN2CCn3c(C4CCCN4C(=O)CSc4ccccc4F)nc(=O)c(O)c3C2=O)c1. The topological polar surface area (TPSA) is 130 Å². The molecule has 1 saturated heterocycles. The molecule has 1 fully saturated rings. The van der Waals surface area contributed by atoms with Gasteiger partial charge in [-0.05, 0) is 49.6 Å². The molecule has 41 heavy (non-hydrogen) atoms. The maximum absolute atomic E-state index is 14.0. The lowest BCUT2D eigenvalue weighted by molar-refractivity contribution is -0.129. The second kappa shape index (κ2) is 11.6. The van der Waals surface area contributed by atoms with E-state index in [2.05, 4.69) is 4.98 Å². The summed E-state index contributed by atoms with van der Waals surface area (Å²) in [5.41, 5.74) is -0.461. The molecule has 3 aromatic rings. The molecule has 1 atom stereocenters. The predicted octanol–water partition coefficient (Wildman–Crippen LogP) is 2.78. The number of aromatic nitrogens is 2. The van der Waals surface area contributed by atoms with Gasteiger partial charge < -0.3 is 19.5 Å².